The van der Waals surface area contributed by atoms with Crippen molar-refractivity contribution in [3.05, 3.63) is 0 Å². The molecule has 2 atom stereocenters. The second-order valence-electron chi connectivity index (χ2n) is 6.91. The van der Waals surface area contributed by atoms with E-state index >= 15 is 0 Å². The van der Waals surface area contributed by atoms with Crippen LogP contribution in [0.4, 0.5) is 0 Å². The summed E-state index contributed by atoms with van der Waals surface area (Å²) in [6.07, 6.45) is 13.8. The third-order valence-electron chi connectivity index (χ3n) is 4.27. The molecule has 5 nitrogen and oxygen atoms in total. The van der Waals surface area contributed by atoms with Crippen molar-refractivity contribution in [3.8, 4) is 0 Å². The van der Waals surface area contributed by atoms with E-state index in [2.05, 4.69) is 12.3 Å². The second-order valence-corrected chi connectivity index (χ2v) is 6.91. The molecule has 2 N–H and O–H groups in total. The SMILES string of the molecule is [B][C@@H](C)O[C@H](CO)N(C)NC(=O)CCCCCCCCCCCCC. The van der Waals surface area contributed by atoms with Crippen LogP contribution in [0.15, 0.2) is 0 Å². The first kappa shape index (κ1) is 24.4. The van der Waals surface area contributed by atoms with E-state index in [0.29, 0.717) is 6.42 Å². The summed E-state index contributed by atoms with van der Waals surface area (Å²) in [5.74, 6) is -0.0508. The maximum absolute atomic E-state index is 11.9. The molecule has 0 aliphatic rings. The molecule has 0 saturated carbocycles. The Kier molecular flexibility index (Phi) is 16.5. The van der Waals surface area contributed by atoms with Crippen LogP contribution in [0.1, 0.15) is 90.9 Å². The van der Waals surface area contributed by atoms with Crippen molar-refractivity contribution < 1.29 is 14.6 Å². The largest absolute Gasteiger partial charge is 0.392 e. The van der Waals surface area contributed by atoms with Crippen LogP contribution in [0.2, 0.25) is 0 Å². The standard InChI is InChI=1S/C19H39BN2O3/c1-4-5-6-7-8-9-10-11-12-13-14-15-18(24)21-22(3)19(16-23)25-17(2)20/h17,19,23H,4-16H2,1-3H3,(H,21,24)/t17-,19-/m1/s1. The number of ether oxygens (including phenoxy) is 1. The highest BCUT2D eigenvalue weighted by Gasteiger charge is 2.17. The summed E-state index contributed by atoms with van der Waals surface area (Å²) in [5, 5.41) is 10.7. The van der Waals surface area contributed by atoms with Gasteiger partial charge >= 0.3 is 0 Å². The third kappa shape index (κ3) is 15.4. The van der Waals surface area contributed by atoms with Gasteiger partial charge in [0.25, 0.3) is 0 Å². The molecular weight excluding hydrogens is 315 g/mol. The summed E-state index contributed by atoms with van der Waals surface area (Å²) in [6, 6.07) is -0.497. The zero-order valence-corrected chi connectivity index (χ0v) is 16.6. The first-order chi connectivity index (χ1) is 12.0. The smallest absolute Gasteiger partial charge is 0.234 e. The molecule has 25 heavy (non-hydrogen) atoms. The van der Waals surface area contributed by atoms with Gasteiger partial charge in [-0.05, 0) is 13.3 Å². The zero-order chi connectivity index (χ0) is 18.9. The molecule has 0 unspecified atom stereocenters. The Morgan fingerprint density at radius 2 is 1.52 bits per heavy atom. The summed E-state index contributed by atoms with van der Waals surface area (Å²) in [6.45, 7) is 3.71. The quantitative estimate of drug-likeness (QED) is 0.182. The first-order valence-electron chi connectivity index (χ1n) is 10.1. The Morgan fingerprint density at radius 3 is 1.96 bits per heavy atom. The molecule has 0 aromatic heterocycles. The van der Waals surface area contributed by atoms with Gasteiger partial charge in [0, 0.05) is 19.5 Å². The Morgan fingerprint density at radius 1 is 1.04 bits per heavy atom. The predicted molar refractivity (Wildman–Crippen MR) is 104 cm³/mol. The maximum Gasteiger partial charge on any atom is 0.234 e. The van der Waals surface area contributed by atoms with E-state index < -0.39 is 12.2 Å². The Bertz CT molecular complexity index is 317. The van der Waals surface area contributed by atoms with Crippen LogP contribution in [0.5, 0.6) is 0 Å². The van der Waals surface area contributed by atoms with Gasteiger partial charge < -0.3 is 9.84 Å². The number of carbonyl (C=O) groups is 1. The highest BCUT2D eigenvalue weighted by atomic mass is 16.5. The molecule has 0 aromatic rings. The number of amides is 1. The molecule has 6 heteroatoms. The van der Waals surface area contributed by atoms with E-state index in [1.54, 1.807) is 14.0 Å². The van der Waals surface area contributed by atoms with E-state index in [1.807, 2.05) is 0 Å². The Balaban J connectivity index is 3.54. The normalized spacial score (nSPS) is 13.8. The molecule has 0 spiro atoms. The number of carbonyl (C=O) groups excluding carboxylic acids is 1. The molecule has 0 saturated heterocycles. The minimum absolute atomic E-state index is 0.0508. The van der Waals surface area contributed by atoms with Gasteiger partial charge in [0.15, 0.2) is 0 Å². The van der Waals surface area contributed by atoms with E-state index in [-0.39, 0.29) is 12.5 Å². The van der Waals surface area contributed by atoms with Gasteiger partial charge in [-0.15, -0.1) is 0 Å². The second kappa shape index (κ2) is 16.9. The number of aliphatic hydroxyl groups is 1. The fourth-order valence-electron chi connectivity index (χ4n) is 2.78. The lowest BCUT2D eigenvalue weighted by Crippen LogP contribution is -2.49. The number of unbranched alkanes of at least 4 members (excludes halogenated alkanes) is 10. The van der Waals surface area contributed by atoms with E-state index in [4.69, 9.17) is 12.6 Å². The number of likely N-dealkylation sites (N-methyl/N-ethyl adjacent to an activating group) is 1. The van der Waals surface area contributed by atoms with Crippen LogP contribution in [0, 0.1) is 0 Å². The fourth-order valence-corrected chi connectivity index (χ4v) is 2.78. The van der Waals surface area contributed by atoms with Gasteiger partial charge in [0.1, 0.15) is 14.1 Å². The molecule has 0 aliphatic heterocycles. The summed E-state index contributed by atoms with van der Waals surface area (Å²) >= 11 is 0. The molecule has 0 aromatic carbocycles. The molecule has 0 heterocycles. The van der Waals surface area contributed by atoms with Crippen molar-refractivity contribution >= 4 is 13.8 Å². The lowest BCUT2D eigenvalue weighted by molar-refractivity contribution is -0.140. The van der Waals surface area contributed by atoms with Crippen LogP contribution in [0.3, 0.4) is 0 Å². The molecule has 2 radical (unpaired) electrons. The van der Waals surface area contributed by atoms with Gasteiger partial charge in [-0.2, -0.15) is 5.01 Å². The van der Waals surface area contributed by atoms with Crippen molar-refractivity contribution in [2.24, 2.45) is 0 Å². The minimum Gasteiger partial charge on any atom is -0.392 e. The van der Waals surface area contributed by atoms with Gasteiger partial charge in [-0.3, -0.25) is 10.2 Å². The highest BCUT2D eigenvalue weighted by Crippen LogP contribution is 2.12. The molecule has 146 valence electrons. The van der Waals surface area contributed by atoms with E-state index in [9.17, 15) is 9.90 Å². The maximum atomic E-state index is 11.9. The number of rotatable bonds is 17. The number of hydrazine groups is 1. The topological polar surface area (TPSA) is 61.8 Å². The molecule has 1 amide bonds. The van der Waals surface area contributed by atoms with Crippen molar-refractivity contribution in [1.82, 2.24) is 10.4 Å². The average molecular weight is 354 g/mol. The third-order valence-corrected chi connectivity index (χ3v) is 4.27. The Labute approximate surface area is 156 Å². The Hall–Kier alpha value is -0.585. The van der Waals surface area contributed by atoms with E-state index in [0.717, 1.165) is 12.8 Å². The molecule has 0 bridgehead atoms. The zero-order valence-electron chi connectivity index (χ0n) is 16.6. The van der Waals surface area contributed by atoms with Crippen LogP contribution < -0.4 is 5.43 Å². The van der Waals surface area contributed by atoms with Crippen LogP contribution in [-0.2, 0) is 9.53 Å². The lowest BCUT2D eigenvalue weighted by atomic mass is 10.0. The number of nitrogens with one attached hydrogen (secondary N) is 1. The predicted octanol–water partition coefficient (Wildman–Crippen LogP) is 3.50. The number of aliphatic hydroxyl groups excluding tert-OH is 1. The minimum atomic E-state index is -0.624. The van der Waals surface area contributed by atoms with Crippen LogP contribution in [0.25, 0.3) is 0 Å². The first-order valence-corrected chi connectivity index (χ1v) is 10.1. The van der Waals surface area contributed by atoms with Crippen molar-refractivity contribution in [2.75, 3.05) is 13.7 Å². The van der Waals surface area contributed by atoms with Gasteiger partial charge in [0.05, 0.1) is 6.61 Å². The summed E-state index contributed by atoms with van der Waals surface area (Å²) in [5.41, 5.74) is 2.73. The fraction of sp³-hybridized carbons (Fsp3) is 0.947. The van der Waals surface area contributed by atoms with Gasteiger partial charge in [-0.1, -0.05) is 71.1 Å². The molecule has 0 fully saturated rings. The van der Waals surface area contributed by atoms with Crippen molar-refractivity contribution in [1.29, 1.82) is 0 Å². The number of hydrogen-bond donors (Lipinski definition) is 2. The van der Waals surface area contributed by atoms with Crippen molar-refractivity contribution in [3.63, 3.8) is 0 Å². The summed E-state index contributed by atoms with van der Waals surface area (Å²) < 4.78 is 5.31. The summed E-state index contributed by atoms with van der Waals surface area (Å²) in [4.78, 5) is 11.9. The van der Waals surface area contributed by atoms with Crippen LogP contribution in [-0.4, -0.2) is 49.8 Å². The average Bonchev–Trinajstić information content (AvgIpc) is 2.57. The number of nitrogens with zero attached hydrogens (tertiary/aromatic N) is 1. The highest BCUT2D eigenvalue weighted by molar-refractivity contribution is 6.10. The molecule has 0 aliphatic carbocycles. The number of hydrogen-bond acceptors (Lipinski definition) is 4. The monoisotopic (exact) mass is 354 g/mol. The summed E-state index contributed by atoms with van der Waals surface area (Å²) in [7, 11) is 7.21. The van der Waals surface area contributed by atoms with E-state index in [1.165, 1.54) is 62.8 Å². The molecule has 0 rings (SSSR count). The lowest BCUT2D eigenvalue weighted by Gasteiger charge is -2.28. The van der Waals surface area contributed by atoms with Gasteiger partial charge in [0.2, 0.25) is 5.91 Å². The van der Waals surface area contributed by atoms with Gasteiger partial charge in [-0.25, -0.2) is 0 Å². The van der Waals surface area contributed by atoms with Crippen LogP contribution >= 0.6 is 0 Å². The van der Waals surface area contributed by atoms with Crippen molar-refractivity contribution in [2.45, 2.75) is 103 Å². The molecular formula is C19H39BN2O3.